The first-order valence-corrected chi connectivity index (χ1v) is 7.77. The molecule has 2 rings (SSSR count). The van der Waals surface area contributed by atoms with Crippen LogP contribution in [-0.2, 0) is 22.6 Å². The minimum absolute atomic E-state index is 0.150. The molecule has 0 unspecified atom stereocenters. The molecule has 0 bridgehead atoms. The molecule has 6 heteroatoms. The molecular formula is C19H19N3O3. The SMILES string of the molecule is COc1ccccc1CC(=O)NCc1ccccc1NC(=O)CC#N. The van der Waals surface area contributed by atoms with Gasteiger partial charge in [-0.25, -0.2) is 0 Å². The van der Waals surface area contributed by atoms with E-state index in [4.69, 9.17) is 10.00 Å². The van der Waals surface area contributed by atoms with Crippen molar-refractivity contribution in [2.45, 2.75) is 19.4 Å². The third-order valence-corrected chi connectivity index (χ3v) is 3.55. The number of nitriles is 1. The van der Waals surface area contributed by atoms with Crippen LogP contribution in [0.3, 0.4) is 0 Å². The van der Waals surface area contributed by atoms with Crippen molar-refractivity contribution < 1.29 is 14.3 Å². The van der Waals surface area contributed by atoms with Crippen LogP contribution in [0.15, 0.2) is 48.5 Å². The molecule has 2 N–H and O–H groups in total. The van der Waals surface area contributed by atoms with Crippen LogP contribution in [0.1, 0.15) is 17.5 Å². The summed E-state index contributed by atoms with van der Waals surface area (Å²) in [5, 5.41) is 14.1. The number of anilines is 1. The Morgan fingerprint density at radius 2 is 1.72 bits per heavy atom. The predicted molar refractivity (Wildman–Crippen MR) is 93.8 cm³/mol. The number of benzene rings is 2. The number of nitrogens with one attached hydrogen (secondary N) is 2. The lowest BCUT2D eigenvalue weighted by Gasteiger charge is -2.12. The van der Waals surface area contributed by atoms with Crippen LogP contribution in [-0.4, -0.2) is 18.9 Å². The van der Waals surface area contributed by atoms with E-state index in [9.17, 15) is 9.59 Å². The average molecular weight is 337 g/mol. The van der Waals surface area contributed by atoms with E-state index in [-0.39, 0.29) is 31.2 Å². The number of carbonyl (C=O) groups is 2. The molecule has 0 atom stereocenters. The molecule has 0 saturated heterocycles. The molecule has 0 saturated carbocycles. The molecule has 0 aliphatic heterocycles. The van der Waals surface area contributed by atoms with Gasteiger partial charge in [0, 0.05) is 17.8 Å². The summed E-state index contributed by atoms with van der Waals surface area (Å²) in [5.41, 5.74) is 2.15. The largest absolute Gasteiger partial charge is 0.496 e. The van der Waals surface area contributed by atoms with E-state index >= 15 is 0 Å². The van der Waals surface area contributed by atoms with E-state index in [1.165, 1.54) is 0 Å². The third-order valence-electron chi connectivity index (χ3n) is 3.55. The van der Waals surface area contributed by atoms with E-state index in [1.807, 2.05) is 36.4 Å². The summed E-state index contributed by atoms with van der Waals surface area (Å²) in [5.74, 6) is 0.139. The second kappa shape index (κ2) is 9.08. The number of hydrogen-bond donors (Lipinski definition) is 2. The van der Waals surface area contributed by atoms with Gasteiger partial charge in [-0.1, -0.05) is 36.4 Å². The van der Waals surface area contributed by atoms with Gasteiger partial charge in [-0.05, 0) is 17.7 Å². The van der Waals surface area contributed by atoms with Gasteiger partial charge >= 0.3 is 0 Å². The van der Waals surface area contributed by atoms with Crippen molar-refractivity contribution in [2.75, 3.05) is 12.4 Å². The van der Waals surface area contributed by atoms with Gasteiger partial charge in [-0.15, -0.1) is 0 Å². The van der Waals surface area contributed by atoms with Crippen molar-refractivity contribution in [3.8, 4) is 11.8 Å². The van der Waals surface area contributed by atoms with Crippen LogP contribution in [0.4, 0.5) is 5.69 Å². The molecule has 25 heavy (non-hydrogen) atoms. The van der Waals surface area contributed by atoms with Gasteiger partial charge in [0.25, 0.3) is 0 Å². The Morgan fingerprint density at radius 1 is 1.04 bits per heavy atom. The molecule has 0 aliphatic rings. The van der Waals surface area contributed by atoms with Crippen molar-refractivity contribution in [2.24, 2.45) is 0 Å². The summed E-state index contributed by atoms with van der Waals surface area (Å²) < 4.78 is 5.24. The van der Waals surface area contributed by atoms with Gasteiger partial charge in [0.05, 0.1) is 19.6 Å². The van der Waals surface area contributed by atoms with Crippen LogP contribution in [0.25, 0.3) is 0 Å². The number of rotatable bonds is 7. The third kappa shape index (κ3) is 5.36. The van der Waals surface area contributed by atoms with Gasteiger partial charge in [0.1, 0.15) is 12.2 Å². The zero-order valence-corrected chi connectivity index (χ0v) is 13.9. The smallest absolute Gasteiger partial charge is 0.238 e. The standard InChI is InChI=1S/C19H19N3O3/c1-25-17-9-5-3-6-14(17)12-19(24)21-13-15-7-2-4-8-16(15)22-18(23)10-11-20/h2-9H,10,12-13H2,1H3,(H,21,24)(H,22,23). The minimum atomic E-state index is -0.379. The summed E-state index contributed by atoms with van der Waals surface area (Å²) in [6.45, 7) is 0.275. The molecule has 2 amide bonds. The van der Waals surface area contributed by atoms with Gasteiger partial charge in [0.2, 0.25) is 11.8 Å². The monoisotopic (exact) mass is 337 g/mol. The van der Waals surface area contributed by atoms with Crippen LogP contribution >= 0.6 is 0 Å². The number of nitrogens with zero attached hydrogens (tertiary/aromatic N) is 1. The molecule has 0 fully saturated rings. The Balaban J connectivity index is 1.98. The van der Waals surface area contributed by atoms with Gasteiger partial charge in [-0.2, -0.15) is 5.26 Å². The lowest BCUT2D eigenvalue weighted by Crippen LogP contribution is -2.25. The fourth-order valence-electron chi connectivity index (χ4n) is 2.34. The molecule has 2 aromatic carbocycles. The molecule has 128 valence electrons. The maximum atomic E-state index is 12.2. The first-order chi connectivity index (χ1) is 12.1. The van der Waals surface area contributed by atoms with Gasteiger partial charge in [-0.3, -0.25) is 9.59 Å². The summed E-state index contributed by atoms with van der Waals surface area (Å²) in [6.07, 6.45) is -0.0124. The fraction of sp³-hybridized carbons (Fsp3) is 0.211. The number of carbonyl (C=O) groups excluding carboxylic acids is 2. The van der Waals surface area contributed by atoms with Crippen LogP contribution in [0, 0.1) is 11.3 Å². The summed E-state index contributed by atoms with van der Waals surface area (Å²) in [4.78, 5) is 23.8. The van der Waals surface area contributed by atoms with E-state index in [2.05, 4.69) is 10.6 Å². The number of ether oxygens (including phenoxy) is 1. The van der Waals surface area contributed by atoms with Gasteiger partial charge in [0.15, 0.2) is 0 Å². The highest BCUT2D eigenvalue weighted by atomic mass is 16.5. The second-order valence-electron chi connectivity index (χ2n) is 5.31. The topological polar surface area (TPSA) is 91.2 Å². The number of hydrogen-bond acceptors (Lipinski definition) is 4. The Hall–Kier alpha value is -3.33. The highest BCUT2D eigenvalue weighted by Gasteiger charge is 2.10. The Kier molecular flexibility index (Phi) is 6.55. The molecule has 0 aromatic heterocycles. The Morgan fingerprint density at radius 3 is 2.44 bits per heavy atom. The Labute approximate surface area is 146 Å². The van der Waals surface area contributed by atoms with Gasteiger partial charge < -0.3 is 15.4 Å². The maximum absolute atomic E-state index is 12.2. The molecule has 0 aliphatic carbocycles. The van der Waals surface area contributed by atoms with E-state index in [0.717, 1.165) is 11.1 Å². The molecule has 0 heterocycles. The van der Waals surface area contributed by atoms with Crippen molar-refractivity contribution >= 4 is 17.5 Å². The zero-order valence-electron chi connectivity index (χ0n) is 13.9. The van der Waals surface area contributed by atoms with Crippen molar-refractivity contribution in [1.82, 2.24) is 5.32 Å². The number of amides is 2. The first-order valence-electron chi connectivity index (χ1n) is 7.77. The van der Waals surface area contributed by atoms with E-state index in [1.54, 1.807) is 25.3 Å². The summed E-state index contributed by atoms with van der Waals surface area (Å²) in [7, 11) is 1.57. The highest BCUT2D eigenvalue weighted by molar-refractivity contribution is 5.92. The summed E-state index contributed by atoms with van der Waals surface area (Å²) >= 11 is 0. The van der Waals surface area contributed by atoms with Crippen LogP contribution in [0.5, 0.6) is 5.75 Å². The number of methoxy groups -OCH3 is 1. The van der Waals surface area contributed by atoms with Crippen molar-refractivity contribution in [1.29, 1.82) is 5.26 Å². The van der Waals surface area contributed by atoms with Crippen molar-refractivity contribution in [3.05, 3.63) is 59.7 Å². The minimum Gasteiger partial charge on any atom is -0.496 e. The lowest BCUT2D eigenvalue weighted by atomic mass is 10.1. The zero-order chi connectivity index (χ0) is 18.1. The first kappa shape index (κ1) is 18.0. The van der Waals surface area contributed by atoms with Crippen molar-refractivity contribution in [3.63, 3.8) is 0 Å². The molecule has 0 radical (unpaired) electrons. The molecule has 0 spiro atoms. The van der Waals surface area contributed by atoms with Crippen LogP contribution in [0.2, 0.25) is 0 Å². The number of para-hydroxylation sites is 2. The van der Waals surface area contributed by atoms with E-state index in [0.29, 0.717) is 11.4 Å². The molecule has 6 nitrogen and oxygen atoms in total. The quantitative estimate of drug-likeness (QED) is 0.811. The Bertz CT molecular complexity index is 796. The summed E-state index contributed by atoms with van der Waals surface area (Å²) in [6, 6.07) is 16.3. The second-order valence-corrected chi connectivity index (χ2v) is 5.31. The average Bonchev–Trinajstić information content (AvgIpc) is 2.61. The predicted octanol–water partition coefficient (Wildman–Crippen LogP) is 2.41. The van der Waals surface area contributed by atoms with Crippen LogP contribution < -0.4 is 15.4 Å². The normalized spacial score (nSPS) is 9.76. The van der Waals surface area contributed by atoms with E-state index < -0.39 is 0 Å². The lowest BCUT2D eigenvalue weighted by molar-refractivity contribution is -0.120. The molecule has 2 aromatic rings. The molecular weight excluding hydrogens is 318 g/mol. The highest BCUT2D eigenvalue weighted by Crippen LogP contribution is 2.18. The fourth-order valence-corrected chi connectivity index (χ4v) is 2.34. The maximum Gasteiger partial charge on any atom is 0.238 e.